The third kappa shape index (κ3) is 4.47. The fourth-order valence-corrected chi connectivity index (χ4v) is 3.15. The Morgan fingerprint density at radius 2 is 2.18 bits per heavy atom. The highest BCUT2D eigenvalue weighted by Gasteiger charge is 2.15. The summed E-state index contributed by atoms with van der Waals surface area (Å²) in [5.41, 5.74) is 5.32. The van der Waals surface area contributed by atoms with Gasteiger partial charge < -0.3 is 14.5 Å². The second kappa shape index (κ2) is 8.81. The van der Waals surface area contributed by atoms with Crippen LogP contribution in [0.3, 0.4) is 0 Å². The summed E-state index contributed by atoms with van der Waals surface area (Å²) in [4.78, 5) is 0. The molecule has 1 fully saturated rings. The Morgan fingerprint density at radius 1 is 1.29 bits per heavy atom. The minimum Gasteiger partial charge on any atom is -0.463 e. The van der Waals surface area contributed by atoms with Crippen LogP contribution in [0, 0.1) is 0 Å². The lowest BCUT2D eigenvalue weighted by Gasteiger charge is -2.11. The van der Waals surface area contributed by atoms with Crippen molar-refractivity contribution in [1.29, 1.82) is 0 Å². The number of nitrogens with zero attached hydrogens (tertiary/aromatic N) is 3. The zero-order valence-electron chi connectivity index (χ0n) is 15.2. The lowest BCUT2D eigenvalue weighted by atomic mass is 10.2. The van der Waals surface area contributed by atoms with Crippen molar-refractivity contribution in [3.63, 3.8) is 0 Å². The lowest BCUT2D eigenvalue weighted by molar-refractivity contribution is 0.114. The number of para-hydroxylation sites is 1. The van der Waals surface area contributed by atoms with Gasteiger partial charge in [-0.2, -0.15) is 10.2 Å². The maximum atomic E-state index is 5.57. The quantitative estimate of drug-likeness (QED) is 0.379. The summed E-state index contributed by atoms with van der Waals surface area (Å²) in [6, 6.07) is 13.6. The van der Waals surface area contributed by atoms with Crippen LogP contribution in [-0.2, 0) is 4.74 Å². The Kier molecular flexibility index (Phi) is 5.79. The van der Waals surface area contributed by atoms with Gasteiger partial charge in [0.1, 0.15) is 5.69 Å². The molecule has 1 saturated heterocycles. The fourth-order valence-electron chi connectivity index (χ4n) is 3.01. The Bertz CT molecular complexity index is 931. The van der Waals surface area contributed by atoms with E-state index in [0.29, 0.717) is 23.1 Å². The number of ether oxygens (including phenoxy) is 1. The number of hydrogen-bond donors (Lipinski definition) is 2. The van der Waals surface area contributed by atoms with E-state index in [1.807, 2.05) is 48.7 Å². The number of benzene rings is 1. The maximum absolute atomic E-state index is 5.57. The Morgan fingerprint density at radius 3 is 2.93 bits per heavy atom. The fraction of sp³-hybridized carbons (Fsp3) is 0.250. The van der Waals surface area contributed by atoms with Gasteiger partial charge in [0.05, 0.1) is 24.3 Å². The van der Waals surface area contributed by atoms with E-state index in [4.69, 9.17) is 21.4 Å². The predicted molar refractivity (Wildman–Crippen MR) is 112 cm³/mol. The van der Waals surface area contributed by atoms with Crippen LogP contribution in [0.1, 0.15) is 18.4 Å². The summed E-state index contributed by atoms with van der Waals surface area (Å²) in [7, 11) is 0. The van der Waals surface area contributed by atoms with Crippen molar-refractivity contribution in [3.8, 4) is 17.1 Å². The number of thiocarbonyl (C=S) groups is 1. The van der Waals surface area contributed by atoms with Gasteiger partial charge in [-0.15, -0.1) is 0 Å². The third-order valence-electron chi connectivity index (χ3n) is 4.40. The molecule has 3 aromatic rings. The van der Waals surface area contributed by atoms with Crippen LogP contribution in [0.15, 0.2) is 64.4 Å². The molecule has 1 aliphatic rings. The Balaban J connectivity index is 1.46. The average molecular weight is 395 g/mol. The predicted octanol–water partition coefficient (Wildman–Crippen LogP) is 3.11. The van der Waals surface area contributed by atoms with E-state index >= 15 is 0 Å². The molecule has 1 atom stereocenters. The van der Waals surface area contributed by atoms with Crippen molar-refractivity contribution in [2.45, 2.75) is 18.9 Å². The molecule has 0 unspecified atom stereocenters. The molecule has 2 aromatic heterocycles. The average Bonchev–Trinajstić information content (AvgIpc) is 3.48. The van der Waals surface area contributed by atoms with Gasteiger partial charge in [0, 0.05) is 24.9 Å². The van der Waals surface area contributed by atoms with E-state index in [1.165, 1.54) is 0 Å². The van der Waals surface area contributed by atoms with E-state index in [1.54, 1.807) is 17.2 Å². The summed E-state index contributed by atoms with van der Waals surface area (Å²) in [5.74, 6) is 0.676. The largest absolute Gasteiger partial charge is 0.463 e. The highest BCUT2D eigenvalue weighted by molar-refractivity contribution is 7.80. The van der Waals surface area contributed by atoms with Crippen molar-refractivity contribution in [3.05, 3.63) is 60.5 Å². The molecule has 0 amide bonds. The van der Waals surface area contributed by atoms with Crippen LogP contribution in [0.25, 0.3) is 17.1 Å². The molecule has 28 heavy (non-hydrogen) atoms. The highest BCUT2D eigenvalue weighted by atomic mass is 32.1. The minimum absolute atomic E-state index is 0.221. The van der Waals surface area contributed by atoms with E-state index in [-0.39, 0.29) is 6.10 Å². The SMILES string of the molecule is S=C(NC[C@@H]1CCCO1)N/N=C\c1cn(-c2ccccc2)nc1-c1ccco1. The van der Waals surface area contributed by atoms with Crippen molar-refractivity contribution >= 4 is 23.5 Å². The summed E-state index contributed by atoms with van der Waals surface area (Å²) in [6.45, 7) is 1.51. The molecule has 1 aromatic carbocycles. The molecule has 1 aliphatic heterocycles. The maximum Gasteiger partial charge on any atom is 0.187 e. The van der Waals surface area contributed by atoms with Gasteiger partial charge in [-0.05, 0) is 49.3 Å². The molecule has 8 heteroatoms. The molecule has 0 bridgehead atoms. The minimum atomic E-state index is 0.221. The molecule has 0 aliphatic carbocycles. The van der Waals surface area contributed by atoms with Gasteiger partial charge >= 0.3 is 0 Å². The van der Waals surface area contributed by atoms with Gasteiger partial charge in [-0.3, -0.25) is 5.43 Å². The van der Waals surface area contributed by atoms with Gasteiger partial charge in [0.25, 0.3) is 0 Å². The second-order valence-corrected chi connectivity index (χ2v) is 6.81. The number of furan rings is 1. The van der Waals surface area contributed by atoms with Crippen LogP contribution >= 0.6 is 12.2 Å². The van der Waals surface area contributed by atoms with Gasteiger partial charge in [-0.1, -0.05) is 18.2 Å². The summed E-state index contributed by atoms with van der Waals surface area (Å²) in [5, 5.41) is 12.5. The van der Waals surface area contributed by atoms with Gasteiger partial charge in [0.2, 0.25) is 0 Å². The smallest absolute Gasteiger partial charge is 0.187 e. The van der Waals surface area contributed by atoms with E-state index in [9.17, 15) is 0 Å². The summed E-state index contributed by atoms with van der Waals surface area (Å²) >= 11 is 5.27. The molecule has 2 N–H and O–H groups in total. The Hall–Kier alpha value is -2.97. The first-order valence-electron chi connectivity index (χ1n) is 9.17. The van der Waals surface area contributed by atoms with Crippen LogP contribution in [-0.4, -0.2) is 40.4 Å². The summed E-state index contributed by atoms with van der Waals surface area (Å²) in [6.07, 6.45) is 7.60. The molecule has 7 nitrogen and oxygen atoms in total. The Labute approximate surface area is 168 Å². The summed E-state index contributed by atoms with van der Waals surface area (Å²) < 4.78 is 12.9. The monoisotopic (exact) mass is 395 g/mol. The first kappa shape index (κ1) is 18.4. The topological polar surface area (TPSA) is 76.6 Å². The normalized spacial score (nSPS) is 16.5. The molecule has 3 heterocycles. The zero-order valence-corrected chi connectivity index (χ0v) is 16.1. The number of aromatic nitrogens is 2. The number of hydrazone groups is 1. The standard InChI is InChI=1S/C20H21N5O2S/c28-20(21-13-17-8-4-10-26-17)23-22-12-15-14-25(16-6-2-1-3-7-16)24-19(15)18-9-5-11-27-18/h1-3,5-7,9,11-12,14,17H,4,8,10,13H2,(H2,21,23,28)/b22-12-/t17-/m0/s1. The van der Waals surface area contributed by atoms with Crippen LogP contribution in [0.4, 0.5) is 0 Å². The molecule has 0 spiro atoms. The van der Waals surface area contributed by atoms with Crippen LogP contribution in [0.5, 0.6) is 0 Å². The molecular weight excluding hydrogens is 374 g/mol. The molecule has 144 valence electrons. The zero-order chi connectivity index (χ0) is 19.2. The van der Waals surface area contributed by atoms with Crippen molar-refractivity contribution in [1.82, 2.24) is 20.5 Å². The van der Waals surface area contributed by atoms with Crippen molar-refractivity contribution in [2.75, 3.05) is 13.2 Å². The molecule has 4 rings (SSSR count). The molecular formula is C20H21N5O2S. The van der Waals surface area contributed by atoms with E-state index in [2.05, 4.69) is 20.9 Å². The number of nitrogens with one attached hydrogen (secondary N) is 2. The molecule has 0 radical (unpaired) electrons. The van der Waals surface area contributed by atoms with E-state index < -0.39 is 0 Å². The first-order chi connectivity index (χ1) is 13.8. The van der Waals surface area contributed by atoms with Gasteiger partial charge in [-0.25, -0.2) is 4.68 Å². The van der Waals surface area contributed by atoms with Crippen LogP contribution in [0.2, 0.25) is 0 Å². The lowest BCUT2D eigenvalue weighted by Crippen LogP contribution is -2.37. The van der Waals surface area contributed by atoms with Crippen LogP contribution < -0.4 is 10.7 Å². The highest BCUT2D eigenvalue weighted by Crippen LogP contribution is 2.23. The van der Waals surface area contributed by atoms with E-state index in [0.717, 1.165) is 30.7 Å². The number of rotatable bonds is 6. The van der Waals surface area contributed by atoms with Crippen molar-refractivity contribution < 1.29 is 9.15 Å². The molecule has 0 saturated carbocycles. The first-order valence-corrected chi connectivity index (χ1v) is 9.58. The third-order valence-corrected chi connectivity index (χ3v) is 4.64. The van der Waals surface area contributed by atoms with Gasteiger partial charge in [0.15, 0.2) is 10.9 Å². The second-order valence-electron chi connectivity index (χ2n) is 6.41. The number of hydrogen-bond acceptors (Lipinski definition) is 5. The van der Waals surface area contributed by atoms with Crippen molar-refractivity contribution in [2.24, 2.45) is 5.10 Å².